The van der Waals surface area contributed by atoms with E-state index in [9.17, 15) is 23.7 Å². The fourth-order valence-corrected chi connectivity index (χ4v) is 11.5. The van der Waals surface area contributed by atoms with Gasteiger partial charge in [-0.1, -0.05) is 36.4 Å². The number of aromatic nitrogens is 4. The van der Waals surface area contributed by atoms with Crippen LogP contribution in [0.1, 0.15) is 40.0 Å². The van der Waals surface area contributed by atoms with Crippen molar-refractivity contribution >= 4 is 86.5 Å². The van der Waals surface area contributed by atoms with Crippen LogP contribution in [0.5, 0.6) is 5.75 Å². The van der Waals surface area contributed by atoms with Crippen LogP contribution in [-0.4, -0.2) is 125 Å². The molecule has 2 atom stereocenters. The molecule has 0 aliphatic carbocycles. The molecule has 3 fully saturated rings. The van der Waals surface area contributed by atoms with Crippen LogP contribution in [0.15, 0.2) is 95.9 Å². The lowest BCUT2D eigenvalue weighted by Crippen LogP contribution is -2.54. The smallest absolute Gasteiger partial charge is 0.262 e. The number of nitrogens with zero attached hydrogens (tertiary/aromatic N) is 8. The summed E-state index contributed by atoms with van der Waals surface area (Å²) < 4.78 is 37.8. The van der Waals surface area contributed by atoms with Gasteiger partial charge in [-0.05, 0) is 89.5 Å². The van der Waals surface area contributed by atoms with E-state index in [1.165, 1.54) is 6.07 Å². The van der Waals surface area contributed by atoms with Crippen molar-refractivity contribution in [3.8, 4) is 28.0 Å². The number of hydrogen-bond acceptors (Lipinski definition) is 14. The molecule has 10 rings (SSSR count). The van der Waals surface area contributed by atoms with E-state index in [-0.39, 0.29) is 35.6 Å². The highest BCUT2D eigenvalue weighted by atomic mass is 79.9. The van der Waals surface area contributed by atoms with Crippen LogP contribution in [0.25, 0.3) is 22.3 Å². The summed E-state index contributed by atoms with van der Waals surface area (Å²) in [5.74, 6) is -1.53. The van der Waals surface area contributed by atoms with Crippen LogP contribution < -0.4 is 35.8 Å². The molecule has 2 unspecified atom stereocenters. The molecule has 71 heavy (non-hydrogen) atoms. The highest BCUT2D eigenvalue weighted by Crippen LogP contribution is 2.43. The van der Waals surface area contributed by atoms with Gasteiger partial charge in [0.05, 0.1) is 46.0 Å². The predicted octanol–water partition coefficient (Wildman–Crippen LogP) is 7.24. The number of rotatable bonds is 13. The van der Waals surface area contributed by atoms with Crippen molar-refractivity contribution in [2.75, 3.05) is 86.7 Å². The predicted molar refractivity (Wildman–Crippen MR) is 275 cm³/mol. The number of amides is 4. The SMILES string of the molecule is COc1cc(N2CCN(CC3CCN(c4cc5c(cc4F)C(=O)N(C4CCC(=O)NC4=O)C5=O)C3)CC2)c(-c2cnn(C)c2)cc1Nc1ncc(Br)c(Nc2ccc(-c3ccccc3)cc2P(C)(C)=O)n1. The van der Waals surface area contributed by atoms with E-state index in [2.05, 4.69) is 51.8 Å². The summed E-state index contributed by atoms with van der Waals surface area (Å²) in [6, 6.07) is 21.4. The number of piperazine rings is 1. The molecule has 3 saturated heterocycles. The molecule has 366 valence electrons. The van der Waals surface area contributed by atoms with E-state index in [0.29, 0.717) is 51.8 Å². The summed E-state index contributed by atoms with van der Waals surface area (Å²) in [6.07, 6.45) is 6.33. The van der Waals surface area contributed by atoms with Gasteiger partial charge in [0.2, 0.25) is 17.8 Å². The average molecular weight is 1040 g/mol. The zero-order valence-electron chi connectivity index (χ0n) is 39.6. The third-order valence-corrected chi connectivity index (χ3v) is 15.7. The standard InChI is InChI=1S/C51H52BrFN11O6P/c1-60-29-33(25-55-60)34-22-40(57-51-54-26-37(52)47(59-51)56-39-11-10-32(20-45(39)71(3,4)69)31-8-6-5-7-9-31)44(70-2)24-42(34)62-18-16-61(17-19-62)27-30-14-15-63(28-30)43-23-36-35(21-38(43)53)49(67)64(50(36)68)41-12-13-46(65)58-48(41)66/h5-11,20-26,29-30,41H,12-19,27-28H2,1-4H3,(H,58,65,66)(H2,54,56,57,59). The van der Waals surface area contributed by atoms with Crippen LogP contribution in [0.3, 0.4) is 0 Å². The molecule has 4 aliphatic rings. The fourth-order valence-electron chi connectivity index (χ4n) is 10.0. The van der Waals surface area contributed by atoms with Crippen LogP contribution >= 0.6 is 23.1 Å². The number of aryl methyl sites for hydroxylation is 1. The van der Waals surface area contributed by atoms with Crippen molar-refractivity contribution < 1.29 is 32.9 Å². The fraction of sp³-hybridized carbons (Fsp3) is 0.314. The topological polar surface area (TPSA) is 187 Å². The maximum Gasteiger partial charge on any atom is 0.262 e. The first-order valence-corrected chi connectivity index (χ1v) is 26.8. The molecule has 6 aromatic rings. The number of hydrogen-bond donors (Lipinski definition) is 3. The van der Waals surface area contributed by atoms with Gasteiger partial charge in [-0.25, -0.2) is 9.37 Å². The number of nitrogens with one attached hydrogen (secondary N) is 3. The number of carbonyl (C=O) groups is 4. The van der Waals surface area contributed by atoms with Crippen LogP contribution in [0.4, 0.5) is 38.9 Å². The van der Waals surface area contributed by atoms with E-state index in [4.69, 9.17) is 9.72 Å². The van der Waals surface area contributed by atoms with Crippen molar-refractivity contribution in [3.05, 3.63) is 113 Å². The van der Waals surface area contributed by atoms with E-state index in [1.54, 1.807) is 31.3 Å². The van der Waals surface area contributed by atoms with Gasteiger partial charge in [-0.2, -0.15) is 10.1 Å². The Kier molecular flexibility index (Phi) is 13.0. The number of halogens is 2. The van der Waals surface area contributed by atoms with Crippen LogP contribution in [0, 0.1) is 11.7 Å². The molecule has 0 radical (unpaired) electrons. The molecular weight excluding hydrogens is 993 g/mol. The lowest BCUT2D eigenvalue weighted by Gasteiger charge is -2.38. The Labute approximate surface area is 418 Å². The Morgan fingerprint density at radius 1 is 0.817 bits per heavy atom. The van der Waals surface area contributed by atoms with Gasteiger partial charge in [-0.15, -0.1) is 0 Å². The summed E-state index contributed by atoms with van der Waals surface area (Å²) in [4.78, 5) is 68.1. The molecule has 20 heteroatoms. The molecule has 4 amide bonds. The molecule has 6 heterocycles. The third kappa shape index (κ3) is 9.65. The number of methoxy groups -OCH3 is 1. The first kappa shape index (κ1) is 47.7. The number of anilines is 6. The van der Waals surface area contributed by atoms with Crippen molar-refractivity contribution in [1.29, 1.82) is 0 Å². The third-order valence-electron chi connectivity index (χ3n) is 13.6. The Hall–Kier alpha value is -6.95. The molecular formula is C51H52BrFN11O6P. The summed E-state index contributed by atoms with van der Waals surface area (Å²) >= 11 is 3.62. The summed E-state index contributed by atoms with van der Waals surface area (Å²) in [6.45, 7) is 8.53. The number of imide groups is 2. The minimum Gasteiger partial charge on any atom is -0.494 e. The maximum atomic E-state index is 15.7. The normalized spacial score (nSPS) is 18.5. The number of ether oxygens (including phenoxy) is 1. The molecule has 2 aromatic heterocycles. The Bertz CT molecular complexity index is 3160. The zero-order valence-corrected chi connectivity index (χ0v) is 42.1. The number of fused-ring (bicyclic) bond motifs is 1. The average Bonchev–Trinajstić information content (AvgIpc) is 4.07. The van der Waals surface area contributed by atoms with Crippen molar-refractivity contribution in [2.24, 2.45) is 13.0 Å². The van der Waals surface area contributed by atoms with E-state index >= 15 is 4.39 Å². The quantitative estimate of drug-likeness (QED) is 0.0776. The second-order valence-corrected chi connectivity index (χ2v) is 22.8. The van der Waals surface area contributed by atoms with Crippen LogP contribution in [-0.2, 0) is 21.2 Å². The van der Waals surface area contributed by atoms with Crippen molar-refractivity contribution in [2.45, 2.75) is 25.3 Å². The number of benzene rings is 4. The summed E-state index contributed by atoms with van der Waals surface area (Å²) in [5.41, 5.74) is 6.42. The second-order valence-electron chi connectivity index (χ2n) is 18.7. The van der Waals surface area contributed by atoms with Gasteiger partial charge < -0.3 is 29.7 Å². The van der Waals surface area contributed by atoms with Crippen LogP contribution in [0.2, 0.25) is 0 Å². The Morgan fingerprint density at radius 3 is 2.28 bits per heavy atom. The van der Waals surface area contributed by atoms with Gasteiger partial charge in [0.25, 0.3) is 11.8 Å². The Morgan fingerprint density at radius 2 is 1.58 bits per heavy atom. The molecule has 17 nitrogen and oxygen atoms in total. The zero-order chi connectivity index (χ0) is 49.7. The summed E-state index contributed by atoms with van der Waals surface area (Å²) in [5, 5.41) is 14.2. The van der Waals surface area contributed by atoms with Gasteiger partial charge in [0.15, 0.2) is 0 Å². The van der Waals surface area contributed by atoms with E-state index < -0.39 is 42.6 Å². The molecule has 3 N–H and O–H groups in total. The second kappa shape index (κ2) is 19.3. The van der Waals surface area contributed by atoms with E-state index in [0.717, 1.165) is 78.1 Å². The van der Waals surface area contributed by atoms with Crippen molar-refractivity contribution in [1.82, 2.24) is 34.9 Å². The molecule has 0 saturated carbocycles. The van der Waals surface area contributed by atoms with Crippen molar-refractivity contribution in [3.63, 3.8) is 0 Å². The van der Waals surface area contributed by atoms with E-state index in [1.807, 2.05) is 85.0 Å². The van der Waals surface area contributed by atoms with Gasteiger partial charge in [-0.3, -0.25) is 39.0 Å². The number of carbonyl (C=O) groups excluding carboxylic acids is 4. The lowest BCUT2D eigenvalue weighted by atomic mass is 10.0. The minimum atomic E-state index is -2.73. The Balaban J connectivity index is 0.822. The largest absolute Gasteiger partial charge is 0.494 e. The first-order valence-electron chi connectivity index (χ1n) is 23.4. The van der Waals surface area contributed by atoms with Gasteiger partial charge >= 0.3 is 0 Å². The number of piperidine rings is 1. The monoisotopic (exact) mass is 1040 g/mol. The molecule has 0 bridgehead atoms. The highest BCUT2D eigenvalue weighted by molar-refractivity contribution is 9.10. The highest BCUT2D eigenvalue weighted by Gasteiger charge is 2.45. The molecule has 0 spiro atoms. The summed E-state index contributed by atoms with van der Waals surface area (Å²) in [7, 11) is 0.777. The van der Waals surface area contributed by atoms with Gasteiger partial charge in [0.1, 0.15) is 30.6 Å². The van der Waals surface area contributed by atoms with Gasteiger partial charge in [0, 0.05) is 99.9 Å². The minimum absolute atomic E-state index is 0.00439. The molecule has 4 aromatic carbocycles. The lowest BCUT2D eigenvalue weighted by molar-refractivity contribution is -0.136. The molecule has 4 aliphatic heterocycles. The first-order chi connectivity index (χ1) is 34.1. The maximum absolute atomic E-state index is 15.7.